The minimum atomic E-state index is -0.0252. The van der Waals surface area contributed by atoms with Gasteiger partial charge in [-0.2, -0.15) is 0 Å². The first-order chi connectivity index (χ1) is 9.72. The van der Waals surface area contributed by atoms with Gasteiger partial charge in [-0.3, -0.25) is 4.79 Å². The lowest BCUT2D eigenvalue weighted by atomic mass is 10.1. The van der Waals surface area contributed by atoms with Gasteiger partial charge in [0.2, 0.25) is 5.89 Å². The van der Waals surface area contributed by atoms with E-state index in [1.165, 1.54) is 11.8 Å². The van der Waals surface area contributed by atoms with Gasteiger partial charge < -0.3 is 13.9 Å². The average molecular weight is 292 g/mol. The number of aryl methyl sites for hydroxylation is 1. The molecular formula is C13H12N2O4S. The number of hydrogen-bond acceptors (Lipinski definition) is 7. The molecular weight excluding hydrogens is 280 g/mol. The van der Waals surface area contributed by atoms with Crippen LogP contribution in [0.5, 0.6) is 11.5 Å². The van der Waals surface area contributed by atoms with Crippen LogP contribution >= 0.6 is 11.8 Å². The summed E-state index contributed by atoms with van der Waals surface area (Å²) in [6.45, 7) is 2.74. The monoisotopic (exact) mass is 292 g/mol. The third-order valence-corrected chi connectivity index (χ3v) is 3.52. The summed E-state index contributed by atoms with van der Waals surface area (Å²) in [7, 11) is 0. The molecule has 0 amide bonds. The van der Waals surface area contributed by atoms with Gasteiger partial charge >= 0.3 is 0 Å². The van der Waals surface area contributed by atoms with Crippen molar-refractivity contribution in [2.75, 3.05) is 19.0 Å². The van der Waals surface area contributed by atoms with Crippen LogP contribution in [0.25, 0.3) is 0 Å². The lowest BCUT2D eigenvalue weighted by Gasteiger charge is -2.18. The third-order valence-electron chi connectivity index (χ3n) is 2.70. The molecule has 1 aliphatic rings. The maximum atomic E-state index is 12.1. The first kappa shape index (κ1) is 13.0. The summed E-state index contributed by atoms with van der Waals surface area (Å²) in [5.74, 6) is 1.98. The zero-order chi connectivity index (χ0) is 13.9. The first-order valence-electron chi connectivity index (χ1n) is 6.08. The number of ether oxygens (including phenoxy) is 2. The molecule has 0 bridgehead atoms. The smallest absolute Gasteiger partial charge is 0.277 e. The molecule has 0 unspecified atom stereocenters. The number of benzene rings is 1. The summed E-state index contributed by atoms with van der Waals surface area (Å²) in [6.07, 6.45) is 0. The van der Waals surface area contributed by atoms with Gasteiger partial charge in [-0.15, -0.1) is 10.2 Å². The topological polar surface area (TPSA) is 74.5 Å². The van der Waals surface area contributed by atoms with E-state index in [-0.39, 0.29) is 11.5 Å². The second-order valence-electron chi connectivity index (χ2n) is 4.16. The quantitative estimate of drug-likeness (QED) is 0.631. The van der Waals surface area contributed by atoms with Gasteiger partial charge in [0.1, 0.15) is 13.2 Å². The van der Waals surface area contributed by atoms with Crippen molar-refractivity contribution in [3.63, 3.8) is 0 Å². The van der Waals surface area contributed by atoms with E-state index in [0.29, 0.717) is 41.4 Å². The minimum Gasteiger partial charge on any atom is -0.486 e. The van der Waals surface area contributed by atoms with E-state index < -0.39 is 0 Å². The van der Waals surface area contributed by atoms with Crippen molar-refractivity contribution in [1.29, 1.82) is 0 Å². The summed E-state index contributed by atoms with van der Waals surface area (Å²) in [6, 6.07) is 5.19. The van der Waals surface area contributed by atoms with Crippen LogP contribution in [-0.4, -0.2) is 34.9 Å². The molecule has 0 N–H and O–H groups in total. The summed E-state index contributed by atoms with van der Waals surface area (Å²) in [4.78, 5) is 12.1. The largest absolute Gasteiger partial charge is 0.486 e. The lowest BCUT2D eigenvalue weighted by Crippen LogP contribution is -2.16. The number of fused-ring (bicyclic) bond motifs is 1. The number of rotatable bonds is 4. The number of hydrogen-bond donors (Lipinski definition) is 0. The summed E-state index contributed by atoms with van der Waals surface area (Å²) in [5.41, 5.74) is 0.581. The van der Waals surface area contributed by atoms with Crippen LogP contribution in [0.15, 0.2) is 27.8 Å². The molecule has 2 aromatic rings. The zero-order valence-corrected chi connectivity index (χ0v) is 11.6. The Morgan fingerprint density at radius 1 is 1.25 bits per heavy atom. The van der Waals surface area contributed by atoms with E-state index in [2.05, 4.69) is 10.2 Å². The summed E-state index contributed by atoms with van der Waals surface area (Å²) >= 11 is 1.22. The Labute approximate surface area is 119 Å². The molecule has 0 atom stereocenters. The fraction of sp³-hybridized carbons (Fsp3) is 0.308. The highest BCUT2D eigenvalue weighted by atomic mass is 32.2. The first-order valence-corrected chi connectivity index (χ1v) is 7.07. The normalized spacial score (nSPS) is 13.2. The molecule has 20 heavy (non-hydrogen) atoms. The van der Waals surface area contributed by atoms with E-state index in [9.17, 15) is 4.79 Å². The van der Waals surface area contributed by atoms with Gasteiger partial charge in [0, 0.05) is 12.5 Å². The number of thioether (sulfide) groups is 1. The molecule has 7 heteroatoms. The Kier molecular flexibility index (Phi) is 3.60. The number of carbonyl (C=O) groups excluding carboxylic acids is 1. The summed E-state index contributed by atoms with van der Waals surface area (Å²) in [5, 5.41) is 7.94. The van der Waals surface area contributed by atoms with E-state index in [1.54, 1.807) is 25.1 Å². The molecule has 0 fully saturated rings. The molecule has 0 radical (unpaired) electrons. The molecule has 1 aromatic carbocycles. The Morgan fingerprint density at radius 3 is 2.80 bits per heavy atom. The molecule has 1 aliphatic heterocycles. The van der Waals surface area contributed by atoms with E-state index in [0.717, 1.165) is 0 Å². The van der Waals surface area contributed by atoms with Crippen LogP contribution < -0.4 is 9.47 Å². The van der Waals surface area contributed by atoms with Gasteiger partial charge in [-0.1, -0.05) is 11.8 Å². The van der Waals surface area contributed by atoms with Crippen LogP contribution in [0.1, 0.15) is 16.2 Å². The molecule has 0 spiro atoms. The van der Waals surface area contributed by atoms with E-state index >= 15 is 0 Å². The van der Waals surface area contributed by atoms with Crippen LogP contribution in [0.4, 0.5) is 0 Å². The third kappa shape index (κ3) is 2.77. The molecule has 2 heterocycles. The van der Waals surface area contributed by atoms with Crippen LogP contribution in [0.2, 0.25) is 0 Å². The van der Waals surface area contributed by atoms with Gasteiger partial charge in [0.15, 0.2) is 17.3 Å². The van der Waals surface area contributed by atoms with Gasteiger partial charge in [-0.25, -0.2) is 0 Å². The van der Waals surface area contributed by atoms with Gasteiger partial charge in [-0.05, 0) is 18.2 Å². The Morgan fingerprint density at radius 2 is 2.05 bits per heavy atom. The highest BCUT2D eigenvalue weighted by Gasteiger charge is 2.16. The molecule has 104 valence electrons. The van der Waals surface area contributed by atoms with E-state index in [1.807, 2.05) is 0 Å². The SMILES string of the molecule is Cc1nnc(SCC(=O)c2ccc3c(c2)OCCO3)o1. The Hall–Kier alpha value is -2.02. The second kappa shape index (κ2) is 5.54. The molecule has 0 saturated heterocycles. The van der Waals surface area contributed by atoms with Gasteiger partial charge in [0.25, 0.3) is 5.22 Å². The Balaban J connectivity index is 1.67. The molecule has 1 aromatic heterocycles. The predicted octanol–water partition coefficient (Wildman–Crippen LogP) is 2.12. The summed E-state index contributed by atoms with van der Waals surface area (Å²) < 4.78 is 16.1. The number of Topliss-reactive ketones (excluding diaryl/α,β-unsaturated/α-hetero) is 1. The Bertz CT molecular complexity index is 641. The molecule has 0 aliphatic carbocycles. The van der Waals surface area contributed by atoms with E-state index in [4.69, 9.17) is 13.9 Å². The fourth-order valence-corrected chi connectivity index (χ4v) is 2.46. The highest BCUT2D eigenvalue weighted by molar-refractivity contribution is 7.99. The fourth-order valence-electron chi connectivity index (χ4n) is 1.76. The van der Waals surface area contributed by atoms with Crippen molar-refractivity contribution in [1.82, 2.24) is 10.2 Å². The van der Waals surface area contributed by atoms with Crippen molar-refractivity contribution in [2.24, 2.45) is 0 Å². The number of aromatic nitrogens is 2. The molecule has 3 rings (SSSR count). The number of ketones is 1. The lowest BCUT2D eigenvalue weighted by molar-refractivity contribution is 0.102. The molecule has 0 saturated carbocycles. The molecule has 6 nitrogen and oxygen atoms in total. The second-order valence-corrected chi connectivity index (χ2v) is 5.08. The standard InChI is InChI=1S/C13H12N2O4S/c1-8-14-15-13(19-8)20-7-10(16)9-2-3-11-12(6-9)18-5-4-17-11/h2-3,6H,4-5,7H2,1H3. The minimum absolute atomic E-state index is 0.0252. The predicted molar refractivity (Wildman–Crippen MR) is 71.5 cm³/mol. The highest BCUT2D eigenvalue weighted by Crippen LogP contribution is 2.31. The number of carbonyl (C=O) groups is 1. The van der Waals surface area contributed by atoms with Crippen molar-refractivity contribution in [2.45, 2.75) is 12.1 Å². The maximum Gasteiger partial charge on any atom is 0.277 e. The van der Waals surface area contributed by atoms with Crippen LogP contribution in [0, 0.1) is 6.92 Å². The maximum absolute atomic E-state index is 12.1. The van der Waals surface area contributed by atoms with Crippen molar-refractivity contribution >= 4 is 17.5 Å². The van der Waals surface area contributed by atoms with Crippen molar-refractivity contribution in [3.8, 4) is 11.5 Å². The van der Waals surface area contributed by atoms with Crippen molar-refractivity contribution in [3.05, 3.63) is 29.7 Å². The average Bonchev–Trinajstić information content (AvgIpc) is 2.90. The van der Waals surface area contributed by atoms with Crippen LogP contribution in [0.3, 0.4) is 0 Å². The number of nitrogens with zero attached hydrogens (tertiary/aromatic N) is 2. The van der Waals surface area contributed by atoms with Crippen molar-refractivity contribution < 1.29 is 18.7 Å². The zero-order valence-electron chi connectivity index (χ0n) is 10.8. The van der Waals surface area contributed by atoms with Crippen LogP contribution in [-0.2, 0) is 0 Å². The van der Waals surface area contributed by atoms with Gasteiger partial charge in [0.05, 0.1) is 5.75 Å².